The number of rotatable bonds is 6. The highest BCUT2D eigenvalue weighted by Crippen LogP contribution is 2.33. The van der Waals surface area contributed by atoms with Crippen LogP contribution in [0, 0.1) is 0 Å². The Morgan fingerprint density at radius 3 is 2.48 bits per heavy atom. The second-order valence-electron chi connectivity index (χ2n) is 7.29. The molecule has 1 aliphatic rings. The number of pyridine rings is 1. The minimum atomic E-state index is -3.72. The van der Waals surface area contributed by atoms with E-state index in [1.807, 2.05) is 42.5 Å². The van der Waals surface area contributed by atoms with Gasteiger partial charge in [0, 0.05) is 46.1 Å². The molecule has 0 fully saturated rings. The Morgan fingerprint density at radius 2 is 1.81 bits per heavy atom. The molecule has 2 aromatic heterocycles. The highest BCUT2D eigenvalue weighted by Gasteiger charge is 2.41. The molecule has 1 atom stereocenters. The first kappa shape index (κ1) is 21.1. The largest absolute Gasteiger partial charge is 0.345 e. The molecule has 0 unspecified atom stereocenters. The number of aromatic nitrogens is 4. The number of hydrogen-bond donors (Lipinski definition) is 1. The Kier molecular flexibility index (Phi) is 5.81. The van der Waals surface area contributed by atoms with E-state index in [2.05, 4.69) is 20.5 Å². The van der Waals surface area contributed by atoms with Gasteiger partial charge in [-0.3, -0.25) is 9.78 Å². The van der Waals surface area contributed by atoms with Gasteiger partial charge < -0.3 is 9.88 Å². The summed E-state index contributed by atoms with van der Waals surface area (Å²) in [7, 11) is -0.729. The Labute approximate surface area is 180 Å². The lowest BCUT2D eigenvalue weighted by atomic mass is 10.0. The number of carbonyl (C=O) groups is 1. The topological polar surface area (TPSA) is 113 Å². The molecule has 0 bridgehead atoms. The normalized spacial score (nSPS) is 16.8. The van der Waals surface area contributed by atoms with Crippen LogP contribution in [0.25, 0.3) is 0 Å². The monoisotopic (exact) mass is 441 g/mol. The molecule has 0 radical (unpaired) electrons. The van der Waals surface area contributed by atoms with E-state index >= 15 is 0 Å². The van der Waals surface area contributed by atoms with Crippen LogP contribution in [0.5, 0.6) is 0 Å². The predicted octanol–water partition coefficient (Wildman–Crippen LogP) is 0.815. The van der Waals surface area contributed by atoms with Gasteiger partial charge in [-0.1, -0.05) is 30.3 Å². The molecule has 0 aliphatic carbocycles. The smallest absolute Gasteiger partial charge is 0.289 e. The lowest BCUT2D eigenvalue weighted by Gasteiger charge is -2.36. The third kappa shape index (κ3) is 4.07. The van der Waals surface area contributed by atoms with Gasteiger partial charge in [-0.05, 0) is 23.3 Å². The fourth-order valence-electron chi connectivity index (χ4n) is 3.53. The van der Waals surface area contributed by atoms with E-state index in [0.717, 1.165) is 11.1 Å². The van der Waals surface area contributed by atoms with Gasteiger partial charge in [0.1, 0.15) is 6.04 Å². The molecule has 162 valence electrons. The minimum Gasteiger partial charge on any atom is -0.345 e. The molecule has 1 aliphatic heterocycles. The zero-order valence-corrected chi connectivity index (χ0v) is 18.0. The highest BCUT2D eigenvalue weighted by atomic mass is 32.2. The van der Waals surface area contributed by atoms with Crippen molar-refractivity contribution in [3.63, 3.8) is 0 Å². The van der Waals surface area contributed by atoms with Crippen molar-refractivity contribution in [2.75, 3.05) is 20.6 Å². The van der Waals surface area contributed by atoms with Crippen LogP contribution in [0.3, 0.4) is 0 Å². The Morgan fingerprint density at radius 1 is 1.10 bits per heavy atom. The molecule has 0 saturated heterocycles. The van der Waals surface area contributed by atoms with Crippen LogP contribution < -0.4 is 5.32 Å². The number of benzene rings is 1. The van der Waals surface area contributed by atoms with E-state index in [4.69, 9.17) is 0 Å². The van der Waals surface area contributed by atoms with Gasteiger partial charge in [-0.25, -0.2) is 0 Å². The molecule has 1 amide bonds. The second kappa shape index (κ2) is 8.53. The quantitative estimate of drug-likeness (QED) is 0.606. The van der Waals surface area contributed by atoms with Crippen molar-refractivity contribution in [1.29, 1.82) is 0 Å². The highest BCUT2D eigenvalue weighted by molar-refractivity contribution is 7.86. The lowest BCUT2D eigenvalue weighted by molar-refractivity contribution is 0.0933. The number of nitrogens with zero attached hydrogens (tertiary/aromatic N) is 6. The zero-order chi connectivity index (χ0) is 22.0. The number of amides is 1. The predicted molar refractivity (Wildman–Crippen MR) is 113 cm³/mol. The van der Waals surface area contributed by atoms with Crippen LogP contribution in [-0.2, 0) is 23.3 Å². The molecule has 0 saturated carbocycles. The molecule has 11 heteroatoms. The summed E-state index contributed by atoms with van der Waals surface area (Å²) in [6, 6.07) is 12.2. The number of hydrogen-bond acceptors (Lipinski definition) is 6. The van der Waals surface area contributed by atoms with Crippen LogP contribution >= 0.6 is 0 Å². The second-order valence-corrected chi connectivity index (χ2v) is 9.38. The van der Waals surface area contributed by atoms with Crippen molar-refractivity contribution in [3.8, 4) is 0 Å². The SMILES string of the molecule is CN(C)S(=O)(=O)N1CCn2c(C(=O)NCc3ccncc3)nnc2[C@H]1c1ccccc1. The molecule has 0 spiro atoms. The standard InChI is InChI=1S/C20H23N7O3S/c1-25(2)31(29,30)27-13-12-26-18(17(27)16-6-4-3-5-7-16)23-24-19(26)20(28)22-14-15-8-10-21-11-9-15/h3-11,17H,12-14H2,1-2H3,(H,22,28)/t17-/m1/s1. The van der Waals surface area contributed by atoms with Crippen molar-refractivity contribution in [2.45, 2.75) is 19.1 Å². The third-order valence-electron chi connectivity index (χ3n) is 5.13. The maximum Gasteiger partial charge on any atom is 0.289 e. The summed E-state index contributed by atoms with van der Waals surface area (Å²) in [6.07, 6.45) is 3.31. The van der Waals surface area contributed by atoms with Gasteiger partial charge in [0.15, 0.2) is 5.82 Å². The van der Waals surface area contributed by atoms with E-state index in [0.29, 0.717) is 12.4 Å². The van der Waals surface area contributed by atoms with Gasteiger partial charge in [0.05, 0.1) is 0 Å². The summed E-state index contributed by atoms with van der Waals surface area (Å²) in [6.45, 7) is 0.791. The summed E-state index contributed by atoms with van der Waals surface area (Å²) in [5, 5.41) is 11.2. The Bertz CT molecular complexity index is 1160. The van der Waals surface area contributed by atoms with Gasteiger partial charge in [0.25, 0.3) is 16.1 Å². The molecule has 31 heavy (non-hydrogen) atoms. The van der Waals surface area contributed by atoms with E-state index < -0.39 is 16.3 Å². The van der Waals surface area contributed by atoms with E-state index in [-0.39, 0.29) is 24.8 Å². The van der Waals surface area contributed by atoms with Crippen LogP contribution in [0.1, 0.15) is 33.6 Å². The summed E-state index contributed by atoms with van der Waals surface area (Å²) in [5.41, 5.74) is 1.66. The van der Waals surface area contributed by atoms with E-state index in [1.54, 1.807) is 17.0 Å². The van der Waals surface area contributed by atoms with Crippen LogP contribution in [0.4, 0.5) is 0 Å². The van der Waals surface area contributed by atoms with Crippen molar-refractivity contribution < 1.29 is 13.2 Å². The maximum absolute atomic E-state index is 13.0. The van der Waals surface area contributed by atoms with Crippen molar-refractivity contribution >= 4 is 16.1 Å². The molecule has 4 rings (SSSR count). The number of nitrogens with one attached hydrogen (secondary N) is 1. The number of fused-ring (bicyclic) bond motifs is 1. The van der Waals surface area contributed by atoms with E-state index in [1.165, 1.54) is 22.7 Å². The van der Waals surface area contributed by atoms with Crippen molar-refractivity contribution in [2.24, 2.45) is 0 Å². The molecular formula is C20H23N7O3S. The maximum atomic E-state index is 13.0. The van der Waals surface area contributed by atoms with Gasteiger partial charge in [-0.2, -0.15) is 17.0 Å². The van der Waals surface area contributed by atoms with Gasteiger partial charge >= 0.3 is 0 Å². The summed E-state index contributed by atoms with van der Waals surface area (Å²) < 4.78 is 30.2. The van der Waals surface area contributed by atoms with Crippen molar-refractivity contribution in [1.82, 2.24) is 33.7 Å². The average molecular weight is 442 g/mol. The fraction of sp³-hybridized carbons (Fsp3) is 0.300. The van der Waals surface area contributed by atoms with Gasteiger partial charge in [-0.15, -0.1) is 10.2 Å². The molecular weight excluding hydrogens is 418 g/mol. The molecule has 3 heterocycles. The van der Waals surface area contributed by atoms with Crippen LogP contribution in [0.2, 0.25) is 0 Å². The van der Waals surface area contributed by atoms with Crippen molar-refractivity contribution in [3.05, 3.63) is 77.6 Å². The Hall–Kier alpha value is -3.15. The zero-order valence-electron chi connectivity index (χ0n) is 17.2. The average Bonchev–Trinajstić information content (AvgIpc) is 3.22. The fourth-order valence-corrected chi connectivity index (χ4v) is 4.75. The summed E-state index contributed by atoms with van der Waals surface area (Å²) in [4.78, 5) is 16.8. The first-order chi connectivity index (χ1) is 14.9. The number of carbonyl (C=O) groups excluding carboxylic acids is 1. The molecule has 1 aromatic carbocycles. The first-order valence-electron chi connectivity index (χ1n) is 9.74. The summed E-state index contributed by atoms with van der Waals surface area (Å²) in [5.74, 6) is 0.204. The molecule has 10 nitrogen and oxygen atoms in total. The third-order valence-corrected chi connectivity index (χ3v) is 7.04. The van der Waals surface area contributed by atoms with Crippen LogP contribution in [-0.4, -0.2) is 63.3 Å². The van der Waals surface area contributed by atoms with Crippen LogP contribution in [0.15, 0.2) is 54.9 Å². The molecule has 3 aromatic rings. The Balaban J connectivity index is 1.67. The molecule has 1 N–H and O–H groups in total. The minimum absolute atomic E-state index is 0.159. The van der Waals surface area contributed by atoms with E-state index in [9.17, 15) is 13.2 Å². The lowest BCUT2D eigenvalue weighted by Crippen LogP contribution is -2.48. The first-order valence-corrected chi connectivity index (χ1v) is 11.1. The van der Waals surface area contributed by atoms with Gasteiger partial charge in [0.2, 0.25) is 5.82 Å². The summed E-state index contributed by atoms with van der Waals surface area (Å²) >= 11 is 0.